The molecule has 0 saturated heterocycles. The van der Waals surface area contributed by atoms with Crippen molar-refractivity contribution >= 4 is 51.2 Å². The molecule has 0 aliphatic carbocycles. The third-order valence-corrected chi connectivity index (χ3v) is 5.47. The molecule has 5 heteroatoms. The largest absolute Gasteiger partial charge is 0.478 e. The van der Waals surface area contributed by atoms with Gasteiger partial charge in [-0.05, 0) is 69.4 Å². The number of hydrogen-bond acceptors (Lipinski definition) is 2. The molecule has 0 aromatic heterocycles. The summed E-state index contributed by atoms with van der Waals surface area (Å²) in [5.74, 6) is 0.467. The second-order valence-electron chi connectivity index (χ2n) is 3.46. The van der Waals surface area contributed by atoms with E-state index >= 15 is 0 Å². The van der Waals surface area contributed by atoms with Crippen LogP contribution in [0, 0.1) is 7.14 Å². The Morgan fingerprint density at radius 2 is 1.67 bits per heavy atom. The normalized spacial score (nSPS) is 10.1. The van der Waals surface area contributed by atoms with Gasteiger partial charge in [-0.15, -0.1) is 0 Å². The summed E-state index contributed by atoms with van der Waals surface area (Å²) in [6.45, 7) is 0. The second kappa shape index (κ2) is 5.87. The second-order valence-corrected chi connectivity index (χ2v) is 5.62. The van der Waals surface area contributed by atoms with Gasteiger partial charge in [0.1, 0.15) is 11.5 Å². The number of para-hydroxylation sites is 1. The summed E-state index contributed by atoms with van der Waals surface area (Å²) in [7, 11) is 0. The third kappa shape index (κ3) is 2.94. The van der Waals surface area contributed by atoms with E-state index in [1.165, 1.54) is 0 Å². The number of rotatable bonds is 3. The van der Waals surface area contributed by atoms with Crippen LogP contribution in [-0.4, -0.2) is 11.1 Å². The maximum Gasteiger partial charge on any atom is 0.336 e. The lowest BCUT2D eigenvalue weighted by atomic mass is 10.2. The number of carbonyl (C=O) groups is 1. The third-order valence-electron chi connectivity index (χ3n) is 2.25. The van der Waals surface area contributed by atoms with Gasteiger partial charge in [-0.25, -0.2) is 4.79 Å². The number of carboxylic acid groups (broad SMARTS) is 1. The zero-order chi connectivity index (χ0) is 13.1. The van der Waals surface area contributed by atoms with E-state index in [-0.39, 0.29) is 0 Å². The first kappa shape index (κ1) is 13.6. The lowest BCUT2D eigenvalue weighted by Crippen LogP contribution is -2.02. The van der Waals surface area contributed by atoms with Gasteiger partial charge in [0.2, 0.25) is 0 Å². The van der Waals surface area contributed by atoms with E-state index in [2.05, 4.69) is 22.6 Å². The van der Waals surface area contributed by atoms with Crippen molar-refractivity contribution in [2.24, 2.45) is 0 Å². The lowest BCUT2D eigenvalue weighted by Gasteiger charge is -2.10. The SMILES string of the molecule is O=C(O)c1ccc(Oc2ccccc2)c(I)c1I. The quantitative estimate of drug-likeness (QED) is 0.684. The fourth-order valence-corrected chi connectivity index (χ4v) is 2.65. The number of ether oxygens (including phenoxy) is 1. The standard InChI is InChI=1S/C13H8I2O3/c14-11-9(13(16)17)6-7-10(12(11)15)18-8-4-2-1-3-5-8/h1-7H,(H,16,17). The molecule has 0 atom stereocenters. The van der Waals surface area contributed by atoms with Crippen LogP contribution in [0.2, 0.25) is 0 Å². The number of aromatic carboxylic acids is 1. The number of carboxylic acids is 1. The van der Waals surface area contributed by atoms with Gasteiger partial charge >= 0.3 is 5.97 Å². The Labute approximate surface area is 131 Å². The summed E-state index contributed by atoms with van der Waals surface area (Å²) >= 11 is 4.11. The van der Waals surface area contributed by atoms with Gasteiger partial charge in [0.15, 0.2) is 0 Å². The Morgan fingerprint density at radius 1 is 1.00 bits per heavy atom. The van der Waals surface area contributed by atoms with E-state index in [1.807, 2.05) is 52.9 Å². The molecule has 0 aliphatic rings. The number of halogens is 2. The van der Waals surface area contributed by atoms with Crippen molar-refractivity contribution in [3.63, 3.8) is 0 Å². The summed E-state index contributed by atoms with van der Waals surface area (Å²) in [5, 5.41) is 9.02. The summed E-state index contributed by atoms with van der Waals surface area (Å²) in [6.07, 6.45) is 0. The summed E-state index contributed by atoms with van der Waals surface area (Å²) in [6, 6.07) is 12.6. The molecular weight excluding hydrogens is 458 g/mol. The minimum absolute atomic E-state index is 0.292. The van der Waals surface area contributed by atoms with Crippen LogP contribution in [-0.2, 0) is 0 Å². The van der Waals surface area contributed by atoms with Gasteiger partial charge in [0.05, 0.1) is 9.13 Å². The van der Waals surface area contributed by atoms with Crippen LogP contribution in [0.25, 0.3) is 0 Å². The molecule has 0 bridgehead atoms. The average molecular weight is 466 g/mol. The first-order valence-electron chi connectivity index (χ1n) is 5.04. The van der Waals surface area contributed by atoms with Gasteiger partial charge in [-0.2, -0.15) is 0 Å². The van der Waals surface area contributed by atoms with E-state index < -0.39 is 5.97 Å². The van der Waals surface area contributed by atoms with Crippen molar-refractivity contribution in [3.05, 3.63) is 55.2 Å². The van der Waals surface area contributed by atoms with Crippen molar-refractivity contribution in [2.45, 2.75) is 0 Å². The van der Waals surface area contributed by atoms with E-state index in [0.717, 1.165) is 9.32 Å². The Kier molecular flexibility index (Phi) is 4.44. The predicted octanol–water partition coefficient (Wildman–Crippen LogP) is 4.39. The van der Waals surface area contributed by atoms with Gasteiger partial charge in [0.25, 0.3) is 0 Å². The Bertz CT molecular complexity index is 582. The monoisotopic (exact) mass is 466 g/mol. The van der Waals surface area contributed by atoms with Crippen LogP contribution in [0.1, 0.15) is 10.4 Å². The minimum atomic E-state index is -0.927. The van der Waals surface area contributed by atoms with Gasteiger partial charge in [0, 0.05) is 3.57 Å². The molecule has 18 heavy (non-hydrogen) atoms. The maximum absolute atomic E-state index is 11.0. The summed E-state index contributed by atoms with van der Waals surface area (Å²) < 4.78 is 7.21. The van der Waals surface area contributed by atoms with Crippen LogP contribution >= 0.6 is 45.2 Å². The highest BCUT2D eigenvalue weighted by atomic mass is 127. The zero-order valence-electron chi connectivity index (χ0n) is 9.06. The molecule has 0 aliphatic heterocycles. The number of benzene rings is 2. The fraction of sp³-hybridized carbons (Fsp3) is 0. The molecule has 0 heterocycles. The van der Waals surface area contributed by atoms with Gasteiger partial charge < -0.3 is 9.84 Å². The predicted molar refractivity (Wildman–Crippen MR) is 85.4 cm³/mol. The van der Waals surface area contributed by atoms with E-state index in [4.69, 9.17) is 9.84 Å². The highest BCUT2D eigenvalue weighted by molar-refractivity contribution is 14.1. The van der Waals surface area contributed by atoms with E-state index in [0.29, 0.717) is 14.9 Å². The Hall–Kier alpha value is -0.830. The molecule has 3 nitrogen and oxygen atoms in total. The molecule has 0 saturated carbocycles. The van der Waals surface area contributed by atoms with Crippen molar-refractivity contribution in [3.8, 4) is 11.5 Å². The summed E-state index contributed by atoms with van der Waals surface area (Å²) in [5.41, 5.74) is 0.292. The summed E-state index contributed by atoms with van der Waals surface area (Å²) in [4.78, 5) is 11.0. The smallest absolute Gasteiger partial charge is 0.336 e. The van der Waals surface area contributed by atoms with E-state index in [1.54, 1.807) is 12.1 Å². The Morgan fingerprint density at radius 3 is 2.28 bits per heavy atom. The first-order chi connectivity index (χ1) is 8.59. The molecule has 0 unspecified atom stereocenters. The van der Waals surface area contributed by atoms with Crippen molar-refractivity contribution in [1.29, 1.82) is 0 Å². The number of hydrogen-bond donors (Lipinski definition) is 1. The van der Waals surface area contributed by atoms with Crippen LogP contribution in [0.4, 0.5) is 0 Å². The zero-order valence-corrected chi connectivity index (χ0v) is 13.4. The molecule has 0 amide bonds. The van der Waals surface area contributed by atoms with Crippen molar-refractivity contribution < 1.29 is 14.6 Å². The molecule has 2 aromatic carbocycles. The Balaban J connectivity index is 2.36. The van der Waals surface area contributed by atoms with Gasteiger partial charge in [-0.1, -0.05) is 18.2 Å². The van der Waals surface area contributed by atoms with Gasteiger partial charge in [-0.3, -0.25) is 0 Å². The van der Waals surface area contributed by atoms with Crippen molar-refractivity contribution in [1.82, 2.24) is 0 Å². The van der Waals surface area contributed by atoms with Crippen LogP contribution in [0.15, 0.2) is 42.5 Å². The molecular formula is C13H8I2O3. The van der Waals surface area contributed by atoms with Crippen molar-refractivity contribution in [2.75, 3.05) is 0 Å². The van der Waals surface area contributed by atoms with E-state index in [9.17, 15) is 4.79 Å². The minimum Gasteiger partial charge on any atom is -0.478 e. The molecule has 0 radical (unpaired) electrons. The van der Waals surface area contributed by atoms with Crippen LogP contribution in [0.5, 0.6) is 11.5 Å². The molecule has 2 aromatic rings. The molecule has 0 fully saturated rings. The molecule has 92 valence electrons. The highest BCUT2D eigenvalue weighted by Crippen LogP contribution is 2.31. The highest BCUT2D eigenvalue weighted by Gasteiger charge is 2.15. The fourth-order valence-electron chi connectivity index (χ4n) is 1.39. The molecule has 2 rings (SSSR count). The lowest BCUT2D eigenvalue weighted by molar-refractivity contribution is 0.0695. The first-order valence-corrected chi connectivity index (χ1v) is 7.19. The molecule has 0 spiro atoms. The average Bonchev–Trinajstić information content (AvgIpc) is 2.36. The van der Waals surface area contributed by atoms with Crippen LogP contribution in [0.3, 0.4) is 0 Å². The molecule has 1 N–H and O–H groups in total. The topological polar surface area (TPSA) is 46.5 Å². The maximum atomic E-state index is 11.0. The van der Waals surface area contributed by atoms with Crippen LogP contribution < -0.4 is 4.74 Å².